The molecular formula is C22H27O3S. The molecule has 0 amide bonds. The molecule has 4 heteroatoms. The molecule has 2 aromatic carbocycles. The van der Waals surface area contributed by atoms with Gasteiger partial charge in [0.05, 0.1) is 12.4 Å². The summed E-state index contributed by atoms with van der Waals surface area (Å²) in [6.07, 6.45) is 5.38. The Bertz CT molecular complexity index is 752. The molecule has 2 rings (SSSR count). The van der Waals surface area contributed by atoms with Crippen LogP contribution >= 0.6 is 0 Å². The second-order valence-electron chi connectivity index (χ2n) is 6.65. The Hall–Kier alpha value is -1.91. The number of rotatable bonds is 9. The fourth-order valence-corrected chi connectivity index (χ4v) is 3.54. The van der Waals surface area contributed by atoms with Crippen LogP contribution in [-0.4, -0.2) is 20.8 Å². The lowest BCUT2D eigenvalue weighted by Crippen LogP contribution is -2.21. The minimum absolute atomic E-state index is 0.352. The van der Waals surface area contributed by atoms with E-state index in [0.717, 1.165) is 25.0 Å². The van der Waals surface area contributed by atoms with Crippen molar-refractivity contribution in [2.75, 3.05) is 6.26 Å². The third-order valence-electron chi connectivity index (χ3n) is 4.12. The molecule has 1 unspecified atom stereocenters. The van der Waals surface area contributed by atoms with Crippen molar-refractivity contribution >= 4 is 15.7 Å². The summed E-state index contributed by atoms with van der Waals surface area (Å²) in [5.74, 6) is 0.978. The van der Waals surface area contributed by atoms with Crippen LogP contribution in [0.2, 0.25) is 0 Å². The topological polar surface area (TPSA) is 43.4 Å². The van der Waals surface area contributed by atoms with Crippen LogP contribution in [0, 0.1) is 5.92 Å². The van der Waals surface area contributed by atoms with Crippen molar-refractivity contribution in [3.8, 4) is 0 Å². The first-order valence-corrected chi connectivity index (χ1v) is 10.7. The molecule has 0 heterocycles. The fourth-order valence-electron chi connectivity index (χ4n) is 2.83. The zero-order valence-corrected chi connectivity index (χ0v) is 16.5. The Kier molecular flexibility index (Phi) is 7.61. The van der Waals surface area contributed by atoms with Gasteiger partial charge in [-0.1, -0.05) is 80.6 Å². The van der Waals surface area contributed by atoms with Gasteiger partial charge in [0.1, 0.15) is 0 Å². The van der Waals surface area contributed by atoms with Crippen LogP contribution in [0.1, 0.15) is 44.2 Å². The molecule has 0 spiro atoms. The molecule has 139 valence electrons. The third-order valence-corrected chi connectivity index (χ3v) is 4.71. The van der Waals surface area contributed by atoms with Gasteiger partial charge in [-0.15, -0.1) is 0 Å². The second-order valence-corrected chi connectivity index (χ2v) is 8.25. The van der Waals surface area contributed by atoms with E-state index in [4.69, 9.17) is 4.18 Å². The first-order valence-electron chi connectivity index (χ1n) is 8.86. The number of hydrogen-bond acceptors (Lipinski definition) is 3. The van der Waals surface area contributed by atoms with Crippen molar-refractivity contribution in [2.45, 2.75) is 39.2 Å². The zero-order chi connectivity index (χ0) is 19.0. The van der Waals surface area contributed by atoms with Gasteiger partial charge >= 0.3 is 0 Å². The highest BCUT2D eigenvalue weighted by atomic mass is 32.2. The SMILES string of the molecule is C[C](C)C(CCCC=C(c1ccccc1)c1ccccc1)OS(C)(=O)=O. The monoisotopic (exact) mass is 371 g/mol. The normalized spacial score (nSPS) is 12.8. The summed E-state index contributed by atoms with van der Waals surface area (Å²) in [7, 11) is -3.44. The summed E-state index contributed by atoms with van der Waals surface area (Å²) in [6.45, 7) is 3.82. The number of allylic oxidation sites excluding steroid dienone is 1. The average Bonchev–Trinajstić information content (AvgIpc) is 2.61. The molecule has 0 aliphatic carbocycles. The number of hydrogen-bond donors (Lipinski definition) is 0. The van der Waals surface area contributed by atoms with Gasteiger partial charge in [-0.25, -0.2) is 0 Å². The first kappa shape index (κ1) is 20.4. The smallest absolute Gasteiger partial charge is 0.264 e. The van der Waals surface area contributed by atoms with E-state index in [1.807, 2.05) is 50.2 Å². The standard InChI is InChI=1S/C22H27O3S/c1-18(2)22(25-26(3,23)24)17-11-10-16-21(19-12-6-4-7-13-19)20-14-8-5-9-15-20/h4-9,12-16,22H,10-11,17H2,1-3H3. The molecule has 0 bridgehead atoms. The maximum Gasteiger partial charge on any atom is 0.264 e. The summed E-state index contributed by atoms with van der Waals surface area (Å²) in [4.78, 5) is 0. The molecule has 0 N–H and O–H groups in total. The highest BCUT2D eigenvalue weighted by Crippen LogP contribution is 2.25. The van der Waals surface area contributed by atoms with Gasteiger partial charge in [0.15, 0.2) is 0 Å². The quantitative estimate of drug-likeness (QED) is 0.447. The molecule has 0 aliphatic rings. The van der Waals surface area contributed by atoms with E-state index in [9.17, 15) is 8.42 Å². The molecule has 26 heavy (non-hydrogen) atoms. The second kappa shape index (κ2) is 9.70. The molecule has 2 aromatic rings. The van der Waals surface area contributed by atoms with Crippen LogP contribution in [0.4, 0.5) is 0 Å². The average molecular weight is 372 g/mol. The number of unbranched alkanes of at least 4 members (excludes halogenated alkanes) is 1. The predicted molar refractivity (Wildman–Crippen MR) is 108 cm³/mol. The van der Waals surface area contributed by atoms with Crippen LogP contribution in [0.15, 0.2) is 66.7 Å². The Balaban J connectivity index is 2.09. The maximum atomic E-state index is 11.4. The molecule has 0 fully saturated rings. The van der Waals surface area contributed by atoms with Gasteiger partial charge in [0.2, 0.25) is 0 Å². The summed E-state index contributed by atoms with van der Waals surface area (Å²) in [5, 5.41) is 0. The zero-order valence-electron chi connectivity index (χ0n) is 15.7. The minimum atomic E-state index is -3.44. The van der Waals surface area contributed by atoms with Gasteiger partial charge in [-0.05, 0) is 36.0 Å². The van der Waals surface area contributed by atoms with Gasteiger partial charge in [-0.3, -0.25) is 4.18 Å². The Morgan fingerprint density at radius 1 is 0.962 bits per heavy atom. The van der Waals surface area contributed by atoms with Crippen molar-refractivity contribution in [1.82, 2.24) is 0 Å². The van der Waals surface area contributed by atoms with Crippen molar-refractivity contribution in [3.05, 3.63) is 83.8 Å². The minimum Gasteiger partial charge on any atom is -0.266 e. The molecule has 0 saturated heterocycles. The van der Waals surface area contributed by atoms with Crippen LogP contribution in [0.5, 0.6) is 0 Å². The summed E-state index contributed by atoms with van der Waals surface area (Å²) >= 11 is 0. The van der Waals surface area contributed by atoms with Crippen LogP contribution in [0.25, 0.3) is 5.57 Å². The molecule has 3 nitrogen and oxygen atoms in total. The van der Waals surface area contributed by atoms with E-state index in [0.29, 0.717) is 6.42 Å². The molecular weight excluding hydrogens is 344 g/mol. The Morgan fingerprint density at radius 2 is 1.46 bits per heavy atom. The van der Waals surface area contributed by atoms with Crippen molar-refractivity contribution in [2.24, 2.45) is 0 Å². The molecule has 1 radical (unpaired) electrons. The predicted octanol–water partition coefficient (Wildman–Crippen LogP) is 5.25. The lowest BCUT2D eigenvalue weighted by Gasteiger charge is -2.19. The maximum absolute atomic E-state index is 11.4. The highest BCUT2D eigenvalue weighted by molar-refractivity contribution is 7.86. The lowest BCUT2D eigenvalue weighted by atomic mass is 9.95. The summed E-state index contributed by atoms with van der Waals surface area (Å²) in [5.41, 5.74) is 3.56. The lowest BCUT2D eigenvalue weighted by molar-refractivity contribution is 0.211. The van der Waals surface area contributed by atoms with Gasteiger partial charge in [0.25, 0.3) is 10.1 Å². The first-order chi connectivity index (χ1) is 12.4. The van der Waals surface area contributed by atoms with E-state index in [1.165, 1.54) is 16.7 Å². The Morgan fingerprint density at radius 3 is 1.88 bits per heavy atom. The molecule has 0 aliphatic heterocycles. The van der Waals surface area contributed by atoms with Gasteiger partial charge < -0.3 is 0 Å². The highest BCUT2D eigenvalue weighted by Gasteiger charge is 2.19. The number of benzene rings is 2. The van der Waals surface area contributed by atoms with E-state index < -0.39 is 10.1 Å². The molecule has 1 atom stereocenters. The summed E-state index contributed by atoms with van der Waals surface area (Å²) < 4.78 is 28.0. The van der Waals surface area contributed by atoms with Crippen LogP contribution in [-0.2, 0) is 14.3 Å². The Labute approximate surface area is 157 Å². The van der Waals surface area contributed by atoms with Gasteiger partial charge in [-0.2, -0.15) is 8.42 Å². The van der Waals surface area contributed by atoms with E-state index in [-0.39, 0.29) is 6.10 Å². The van der Waals surface area contributed by atoms with Crippen molar-refractivity contribution < 1.29 is 12.6 Å². The fraction of sp³-hybridized carbons (Fsp3) is 0.318. The van der Waals surface area contributed by atoms with E-state index in [2.05, 4.69) is 30.3 Å². The largest absolute Gasteiger partial charge is 0.266 e. The molecule has 0 saturated carbocycles. The van der Waals surface area contributed by atoms with Crippen molar-refractivity contribution in [1.29, 1.82) is 0 Å². The van der Waals surface area contributed by atoms with Crippen molar-refractivity contribution in [3.63, 3.8) is 0 Å². The van der Waals surface area contributed by atoms with Crippen LogP contribution < -0.4 is 0 Å². The van der Waals surface area contributed by atoms with Gasteiger partial charge in [0, 0.05) is 5.92 Å². The van der Waals surface area contributed by atoms with E-state index in [1.54, 1.807) is 0 Å². The summed E-state index contributed by atoms with van der Waals surface area (Å²) in [6, 6.07) is 20.6. The van der Waals surface area contributed by atoms with Crippen LogP contribution in [0.3, 0.4) is 0 Å². The van der Waals surface area contributed by atoms with E-state index >= 15 is 0 Å². The third kappa shape index (κ3) is 6.77. The molecule has 0 aromatic heterocycles.